The zero-order valence-electron chi connectivity index (χ0n) is 19.1. The minimum absolute atomic E-state index is 0.0722. The fourth-order valence-corrected chi connectivity index (χ4v) is 4.32. The summed E-state index contributed by atoms with van der Waals surface area (Å²) in [6.45, 7) is -0.588. The number of rotatable bonds is 6. The quantitative estimate of drug-likeness (QED) is 0.324. The van der Waals surface area contributed by atoms with Gasteiger partial charge in [-0.25, -0.2) is 0 Å². The number of carbonyl (C=O) groups is 4. The molecule has 2 N–H and O–H groups in total. The third kappa shape index (κ3) is 5.17. The Bertz CT molecular complexity index is 1360. The summed E-state index contributed by atoms with van der Waals surface area (Å²) in [6, 6.07) is 6.12. The van der Waals surface area contributed by atoms with E-state index >= 15 is 0 Å². The number of imide groups is 1. The molecule has 2 aromatic carbocycles. The highest BCUT2D eigenvalue weighted by Crippen LogP contribution is 2.39. The first-order valence-corrected chi connectivity index (χ1v) is 11.3. The molecule has 1 fully saturated rings. The Morgan fingerprint density at radius 2 is 1.84 bits per heavy atom. The molecule has 0 aliphatic carbocycles. The van der Waals surface area contributed by atoms with Crippen molar-refractivity contribution in [2.24, 2.45) is 0 Å². The Hall–Kier alpha value is -3.68. The van der Waals surface area contributed by atoms with Gasteiger partial charge < -0.3 is 15.0 Å². The molecule has 8 nitrogen and oxygen atoms in total. The molecule has 1 unspecified atom stereocenters. The van der Waals surface area contributed by atoms with Crippen molar-refractivity contribution in [1.82, 2.24) is 15.5 Å². The second kappa shape index (κ2) is 9.57. The van der Waals surface area contributed by atoms with Crippen LogP contribution in [0.2, 0.25) is 5.02 Å². The summed E-state index contributed by atoms with van der Waals surface area (Å²) < 4.78 is 71.3. The highest BCUT2D eigenvalue weighted by molar-refractivity contribution is 6.32. The Kier molecular flexibility index (Phi) is 6.89. The number of hydrogen-bond acceptors (Lipinski definition) is 5. The molecule has 0 spiro atoms. The fraction of sp³-hybridized carbons (Fsp3) is 0.304. The number of halogens is 6. The maximum absolute atomic E-state index is 14.8. The van der Waals surface area contributed by atoms with E-state index < -0.39 is 59.2 Å². The maximum Gasteiger partial charge on any atom is 0.573 e. The summed E-state index contributed by atoms with van der Waals surface area (Å²) in [5, 5.41) is 3.73. The molecule has 2 radical (unpaired) electrons. The molecule has 15 heteroatoms. The van der Waals surface area contributed by atoms with Gasteiger partial charge in [0.2, 0.25) is 11.8 Å². The van der Waals surface area contributed by atoms with Gasteiger partial charge in [-0.3, -0.25) is 24.5 Å². The van der Waals surface area contributed by atoms with Gasteiger partial charge in [-0.05, 0) is 41.8 Å². The van der Waals surface area contributed by atoms with E-state index in [-0.39, 0.29) is 35.5 Å². The molecular weight excluding hydrogens is 540 g/mol. The Balaban J connectivity index is 1.49. The largest absolute Gasteiger partial charge is 0.573 e. The Labute approximate surface area is 217 Å². The summed E-state index contributed by atoms with van der Waals surface area (Å²) in [5.74, 6) is -9.59. The van der Waals surface area contributed by atoms with Crippen LogP contribution in [0.1, 0.15) is 39.9 Å². The Morgan fingerprint density at radius 3 is 2.50 bits per heavy atom. The summed E-state index contributed by atoms with van der Waals surface area (Å²) in [7, 11) is 6.15. The minimum atomic E-state index is -5.31. The number of carbonyl (C=O) groups excluding carboxylic acids is 4. The summed E-state index contributed by atoms with van der Waals surface area (Å²) in [6.07, 6.45) is -5.48. The van der Waals surface area contributed by atoms with E-state index in [4.69, 9.17) is 19.4 Å². The van der Waals surface area contributed by atoms with Gasteiger partial charge in [0.05, 0.1) is 11.0 Å². The fourth-order valence-electron chi connectivity index (χ4n) is 4.16. The van der Waals surface area contributed by atoms with Crippen LogP contribution in [0.15, 0.2) is 36.4 Å². The van der Waals surface area contributed by atoms with E-state index in [1.807, 2.05) is 5.32 Å². The number of alkyl halides is 5. The molecule has 4 amide bonds. The minimum Gasteiger partial charge on any atom is -0.405 e. The molecule has 2 aliphatic rings. The van der Waals surface area contributed by atoms with Gasteiger partial charge in [-0.2, -0.15) is 8.78 Å². The molecule has 38 heavy (non-hydrogen) atoms. The molecule has 2 heterocycles. The molecule has 0 bridgehead atoms. The van der Waals surface area contributed by atoms with Crippen LogP contribution in [0.4, 0.5) is 22.0 Å². The zero-order valence-corrected chi connectivity index (χ0v) is 19.9. The SMILES string of the molecule is [B]C1(N2Cc3cc(CNC(=O)C(F)(F)c4ccc(Cl)cc4OC(F)(F)F)ccc3C2=O)CCC(=O)NC1=O. The second-order valence-electron chi connectivity index (χ2n) is 8.63. The van der Waals surface area contributed by atoms with Gasteiger partial charge in [0, 0.05) is 30.1 Å². The predicted molar refractivity (Wildman–Crippen MR) is 121 cm³/mol. The van der Waals surface area contributed by atoms with Crippen molar-refractivity contribution in [3.05, 3.63) is 63.7 Å². The lowest BCUT2D eigenvalue weighted by Crippen LogP contribution is -2.63. The smallest absolute Gasteiger partial charge is 0.405 e. The van der Waals surface area contributed by atoms with Crippen LogP contribution in [-0.4, -0.2) is 48.2 Å². The van der Waals surface area contributed by atoms with Gasteiger partial charge in [0.15, 0.2) is 0 Å². The van der Waals surface area contributed by atoms with Crippen LogP contribution in [0.25, 0.3) is 0 Å². The summed E-state index contributed by atoms with van der Waals surface area (Å²) in [4.78, 5) is 50.1. The van der Waals surface area contributed by atoms with E-state index in [1.54, 1.807) is 0 Å². The molecule has 2 aromatic rings. The van der Waals surface area contributed by atoms with Gasteiger partial charge in [-0.1, -0.05) is 23.7 Å². The molecular formula is C23H16BClF5N3O5. The van der Waals surface area contributed by atoms with Crippen molar-refractivity contribution in [3.8, 4) is 5.75 Å². The Morgan fingerprint density at radius 1 is 1.13 bits per heavy atom. The van der Waals surface area contributed by atoms with Crippen LogP contribution >= 0.6 is 11.6 Å². The zero-order chi connectivity index (χ0) is 28.0. The van der Waals surface area contributed by atoms with E-state index in [0.29, 0.717) is 17.7 Å². The van der Waals surface area contributed by atoms with E-state index in [2.05, 4.69) is 10.1 Å². The third-order valence-electron chi connectivity index (χ3n) is 6.08. The standard InChI is InChI=1S/C23H16BClF5N3O5/c24-21(6-5-17(34)32-19(21)36)33-10-12-7-11(1-3-14(12)18(33)35)9-31-20(37)22(26,27)15-4-2-13(25)8-16(15)38-23(28,29)30/h1-4,7-8H,5-6,9-10H2,(H,31,37)(H,32,34,36). The predicted octanol–water partition coefficient (Wildman–Crippen LogP) is 2.90. The first kappa shape index (κ1) is 27.4. The monoisotopic (exact) mass is 555 g/mol. The summed E-state index contributed by atoms with van der Waals surface area (Å²) >= 11 is 5.59. The molecule has 1 atom stereocenters. The number of ether oxygens (including phenoxy) is 1. The van der Waals surface area contributed by atoms with Gasteiger partial charge in [-0.15, -0.1) is 13.2 Å². The van der Waals surface area contributed by atoms with Gasteiger partial charge >= 0.3 is 12.3 Å². The summed E-state index contributed by atoms with van der Waals surface area (Å²) in [5.41, 5.74) is -2.25. The van der Waals surface area contributed by atoms with Gasteiger partial charge in [0.1, 0.15) is 13.6 Å². The highest BCUT2D eigenvalue weighted by atomic mass is 35.5. The lowest BCUT2D eigenvalue weighted by atomic mass is 9.70. The first-order valence-electron chi connectivity index (χ1n) is 10.9. The number of fused-ring (bicyclic) bond motifs is 1. The number of piperidine rings is 1. The number of nitrogens with one attached hydrogen (secondary N) is 2. The van der Waals surface area contributed by atoms with Crippen molar-refractivity contribution < 1.29 is 45.9 Å². The number of benzene rings is 2. The number of nitrogens with zero attached hydrogens (tertiary/aromatic N) is 1. The van der Waals surface area contributed by atoms with Crippen LogP contribution in [0.3, 0.4) is 0 Å². The first-order chi connectivity index (χ1) is 17.6. The lowest BCUT2D eigenvalue weighted by Gasteiger charge is -2.40. The molecule has 4 rings (SSSR count). The second-order valence-corrected chi connectivity index (χ2v) is 9.07. The molecule has 0 aromatic heterocycles. The third-order valence-corrected chi connectivity index (χ3v) is 6.32. The van der Waals surface area contributed by atoms with Crippen LogP contribution < -0.4 is 15.4 Å². The van der Waals surface area contributed by atoms with Crippen molar-refractivity contribution >= 4 is 43.1 Å². The van der Waals surface area contributed by atoms with Crippen molar-refractivity contribution in [1.29, 1.82) is 0 Å². The average Bonchev–Trinajstić information content (AvgIpc) is 3.15. The maximum atomic E-state index is 14.8. The normalized spacial score (nSPS) is 19.7. The molecule has 2 aliphatic heterocycles. The van der Waals surface area contributed by atoms with Gasteiger partial charge in [0.25, 0.3) is 11.8 Å². The van der Waals surface area contributed by atoms with Crippen molar-refractivity contribution in [2.45, 2.75) is 43.7 Å². The topological polar surface area (TPSA) is 105 Å². The highest BCUT2D eigenvalue weighted by Gasteiger charge is 2.48. The molecule has 1 saturated heterocycles. The van der Waals surface area contributed by atoms with Crippen LogP contribution in [-0.2, 0) is 33.4 Å². The van der Waals surface area contributed by atoms with Crippen molar-refractivity contribution in [2.75, 3.05) is 0 Å². The lowest BCUT2D eigenvalue weighted by molar-refractivity contribution is -0.275. The average molecular weight is 556 g/mol. The molecule has 0 saturated carbocycles. The van der Waals surface area contributed by atoms with Crippen LogP contribution in [0.5, 0.6) is 5.75 Å². The van der Waals surface area contributed by atoms with Crippen molar-refractivity contribution in [3.63, 3.8) is 0 Å². The van der Waals surface area contributed by atoms with Crippen LogP contribution in [0, 0.1) is 0 Å². The van der Waals surface area contributed by atoms with E-state index in [0.717, 1.165) is 11.0 Å². The van der Waals surface area contributed by atoms with E-state index in [1.165, 1.54) is 18.2 Å². The molecule has 198 valence electrons. The number of amides is 4. The number of hydrogen-bond donors (Lipinski definition) is 2. The van der Waals surface area contributed by atoms with E-state index in [9.17, 15) is 41.1 Å².